The van der Waals surface area contributed by atoms with Crippen LogP contribution >= 0.6 is 27.5 Å². The van der Waals surface area contributed by atoms with Crippen LogP contribution in [0.4, 0.5) is 0 Å². The fourth-order valence-electron chi connectivity index (χ4n) is 1.58. The average Bonchev–Trinajstić information content (AvgIpc) is 2.38. The number of carbonyl (C=O) groups is 1. The Hall–Kier alpha value is -1.52. The number of carboxylic acids is 1. The van der Waals surface area contributed by atoms with E-state index >= 15 is 0 Å². The van der Waals surface area contributed by atoms with Crippen molar-refractivity contribution in [1.29, 1.82) is 0 Å². The molecule has 0 aliphatic carbocycles. The van der Waals surface area contributed by atoms with E-state index in [0.29, 0.717) is 16.8 Å². The van der Waals surface area contributed by atoms with E-state index in [2.05, 4.69) is 15.9 Å². The van der Waals surface area contributed by atoms with Gasteiger partial charge in [-0.1, -0.05) is 41.9 Å². The van der Waals surface area contributed by atoms with Gasteiger partial charge >= 0.3 is 5.97 Å². The van der Waals surface area contributed by atoms with Crippen LogP contribution in [0.3, 0.4) is 0 Å². The predicted octanol–water partition coefficient (Wildman–Crippen LogP) is 4.38. The lowest BCUT2D eigenvalue weighted by Crippen LogP contribution is -2.02. The van der Waals surface area contributed by atoms with Crippen molar-refractivity contribution in [2.75, 3.05) is 0 Å². The number of aromatic carboxylic acids is 1. The van der Waals surface area contributed by atoms with Crippen molar-refractivity contribution in [3.8, 4) is 5.75 Å². The second-order valence-corrected chi connectivity index (χ2v) is 5.01. The molecule has 19 heavy (non-hydrogen) atoms. The Morgan fingerprint density at radius 3 is 2.53 bits per heavy atom. The van der Waals surface area contributed by atoms with Crippen molar-refractivity contribution in [1.82, 2.24) is 0 Å². The Bertz CT molecular complexity index is 599. The molecule has 0 saturated carbocycles. The molecule has 0 atom stereocenters. The number of hydrogen-bond donors (Lipinski definition) is 1. The molecule has 0 fully saturated rings. The summed E-state index contributed by atoms with van der Waals surface area (Å²) >= 11 is 9.06. The quantitative estimate of drug-likeness (QED) is 0.897. The van der Waals surface area contributed by atoms with Crippen LogP contribution in [0.15, 0.2) is 46.9 Å². The number of ether oxygens (including phenoxy) is 1. The van der Waals surface area contributed by atoms with Gasteiger partial charge in [0.2, 0.25) is 0 Å². The summed E-state index contributed by atoms with van der Waals surface area (Å²) in [5, 5.41) is 9.26. The molecule has 0 heterocycles. The molecule has 0 aliphatic heterocycles. The lowest BCUT2D eigenvalue weighted by molar-refractivity contribution is 0.0695. The van der Waals surface area contributed by atoms with Crippen LogP contribution in [0.2, 0.25) is 5.02 Å². The Balaban J connectivity index is 2.22. The zero-order chi connectivity index (χ0) is 13.8. The molecular weight excluding hydrogens is 332 g/mol. The zero-order valence-electron chi connectivity index (χ0n) is 9.77. The maximum absolute atomic E-state index is 11.1. The highest BCUT2D eigenvalue weighted by atomic mass is 79.9. The number of halogens is 2. The van der Waals surface area contributed by atoms with Gasteiger partial charge in [0.25, 0.3) is 0 Å². The summed E-state index contributed by atoms with van der Waals surface area (Å²) in [6.45, 7) is 0.361. The largest absolute Gasteiger partial charge is 0.488 e. The molecule has 2 aromatic carbocycles. The summed E-state index contributed by atoms with van der Waals surface area (Å²) in [7, 11) is 0. The Kier molecular flexibility index (Phi) is 4.45. The predicted molar refractivity (Wildman–Crippen MR) is 76.9 cm³/mol. The van der Waals surface area contributed by atoms with Gasteiger partial charge in [0, 0.05) is 0 Å². The minimum Gasteiger partial charge on any atom is -0.488 e. The maximum Gasteiger partial charge on any atom is 0.338 e. The van der Waals surface area contributed by atoms with Crippen LogP contribution < -0.4 is 4.74 Å². The molecule has 0 unspecified atom stereocenters. The lowest BCUT2D eigenvalue weighted by Gasteiger charge is -2.11. The van der Waals surface area contributed by atoms with Gasteiger partial charge < -0.3 is 9.84 Å². The topological polar surface area (TPSA) is 46.5 Å². The first-order valence-electron chi connectivity index (χ1n) is 5.47. The first kappa shape index (κ1) is 13.9. The first-order chi connectivity index (χ1) is 9.09. The highest BCUT2D eigenvalue weighted by Crippen LogP contribution is 2.34. The van der Waals surface area contributed by atoms with E-state index in [0.717, 1.165) is 5.56 Å². The smallest absolute Gasteiger partial charge is 0.338 e. The van der Waals surface area contributed by atoms with Gasteiger partial charge in [-0.3, -0.25) is 0 Å². The number of hydrogen-bond acceptors (Lipinski definition) is 2. The molecule has 1 N–H and O–H groups in total. The molecule has 3 nitrogen and oxygen atoms in total. The molecule has 0 bridgehead atoms. The van der Waals surface area contributed by atoms with E-state index in [4.69, 9.17) is 21.4 Å². The summed E-state index contributed by atoms with van der Waals surface area (Å²) in [5.41, 5.74) is 1.01. The third kappa shape index (κ3) is 3.28. The number of carboxylic acid groups (broad SMARTS) is 1. The van der Waals surface area contributed by atoms with E-state index in [1.165, 1.54) is 6.07 Å². The van der Waals surface area contributed by atoms with E-state index in [1.807, 2.05) is 30.3 Å². The molecule has 0 aromatic heterocycles. The summed E-state index contributed by atoms with van der Waals surface area (Å²) in [6, 6.07) is 12.8. The normalized spacial score (nSPS) is 10.2. The highest BCUT2D eigenvalue weighted by molar-refractivity contribution is 9.10. The monoisotopic (exact) mass is 340 g/mol. The van der Waals surface area contributed by atoms with Crippen molar-refractivity contribution in [3.63, 3.8) is 0 Å². The summed E-state index contributed by atoms with van der Waals surface area (Å²) in [6.07, 6.45) is 0. The standard InChI is InChI=1S/C14H10BrClO3/c15-13-11(7-6-10(16)12(13)14(17)18)19-8-9-4-2-1-3-5-9/h1-7H,8H2,(H,17,18). The van der Waals surface area contributed by atoms with Gasteiger partial charge in [0.15, 0.2) is 0 Å². The minimum absolute atomic E-state index is 0.00669. The average molecular weight is 342 g/mol. The molecule has 0 saturated heterocycles. The second-order valence-electron chi connectivity index (χ2n) is 3.81. The van der Waals surface area contributed by atoms with E-state index in [1.54, 1.807) is 6.07 Å². The second kappa shape index (κ2) is 6.08. The van der Waals surface area contributed by atoms with Crippen LogP contribution in [-0.2, 0) is 6.61 Å². The van der Waals surface area contributed by atoms with E-state index < -0.39 is 5.97 Å². The van der Waals surface area contributed by atoms with Crippen molar-refractivity contribution < 1.29 is 14.6 Å². The highest BCUT2D eigenvalue weighted by Gasteiger charge is 2.17. The SMILES string of the molecule is O=C(O)c1c(Cl)ccc(OCc2ccccc2)c1Br. The van der Waals surface area contributed by atoms with Crippen LogP contribution in [0.25, 0.3) is 0 Å². The van der Waals surface area contributed by atoms with Crippen LogP contribution in [0.5, 0.6) is 5.75 Å². The Labute approximate surface area is 123 Å². The van der Waals surface area contributed by atoms with Gasteiger partial charge in [-0.05, 0) is 33.6 Å². The van der Waals surface area contributed by atoms with Crippen molar-refractivity contribution in [2.45, 2.75) is 6.61 Å². The molecule has 2 rings (SSSR count). The van der Waals surface area contributed by atoms with E-state index in [-0.39, 0.29) is 10.6 Å². The van der Waals surface area contributed by atoms with Gasteiger partial charge in [0.1, 0.15) is 12.4 Å². The molecule has 2 aromatic rings. The molecule has 0 amide bonds. The van der Waals surface area contributed by atoms with Crippen LogP contribution in [-0.4, -0.2) is 11.1 Å². The number of rotatable bonds is 4. The summed E-state index contributed by atoms with van der Waals surface area (Å²) in [5.74, 6) is -0.646. The molecule has 0 aliphatic rings. The maximum atomic E-state index is 11.1. The van der Waals surface area contributed by atoms with Crippen LogP contribution in [0.1, 0.15) is 15.9 Å². The molecule has 0 radical (unpaired) electrons. The molecule has 5 heteroatoms. The molecule has 98 valence electrons. The van der Waals surface area contributed by atoms with Crippen molar-refractivity contribution >= 4 is 33.5 Å². The summed E-state index contributed by atoms with van der Waals surface area (Å²) in [4.78, 5) is 11.1. The third-order valence-electron chi connectivity index (χ3n) is 2.51. The number of benzene rings is 2. The van der Waals surface area contributed by atoms with E-state index in [9.17, 15) is 4.79 Å². The lowest BCUT2D eigenvalue weighted by atomic mass is 10.2. The fourth-order valence-corrected chi connectivity index (χ4v) is 2.56. The molecule has 0 spiro atoms. The van der Waals surface area contributed by atoms with Crippen molar-refractivity contribution in [2.24, 2.45) is 0 Å². The van der Waals surface area contributed by atoms with Gasteiger partial charge in [-0.15, -0.1) is 0 Å². The Morgan fingerprint density at radius 2 is 1.89 bits per heavy atom. The third-order valence-corrected chi connectivity index (χ3v) is 3.61. The summed E-state index contributed by atoms with van der Waals surface area (Å²) < 4.78 is 5.95. The fraction of sp³-hybridized carbons (Fsp3) is 0.0714. The Morgan fingerprint density at radius 1 is 1.21 bits per heavy atom. The first-order valence-corrected chi connectivity index (χ1v) is 6.64. The van der Waals surface area contributed by atoms with Crippen molar-refractivity contribution in [3.05, 3.63) is 63.1 Å². The van der Waals surface area contributed by atoms with Gasteiger partial charge in [0.05, 0.1) is 15.1 Å². The molecular formula is C14H10BrClO3. The van der Waals surface area contributed by atoms with Gasteiger partial charge in [-0.25, -0.2) is 4.79 Å². The van der Waals surface area contributed by atoms with Crippen LogP contribution in [0, 0.1) is 0 Å². The van der Waals surface area contributed by atoms with Gasteiger partial charge in [-0.2, -0.15) is 0 Å². The zero-order valence-corrected chi connectivity index (χ0v) is 12.1. The minimum atomic E-state index is -1.10.